The molecule has 0 unspecified atom stereocenters. The summed E-state index contributed by atoms with van der Waals surface area (Å²) in [5.41, 5.74) is 0.416. The number of thioether (sulfide) groups is 1. The van der Waals surface area contributed by atoms with Gasteiger partial charge in [0.2, 0.25) is 0 Å². The lowest BCUT2D eigenvalue weighted by Gasteiger charge is -2.05. The molecule has 1 heterocycles. The van der Waals surface area contributed by atoms with Gasteiger partial charge in [-0.05, 0) is 30.7 Å². The quantitative estimate of drug-likeness (QED) is 0.823. The first-order chi connectivity index (χ1) is 8.97. The van der Waals surface area contributed by atoms with Gasteiger partial charge in [-0.1, -0.05) is 11.8 Å². The van der Waals surface area contributed by atoms with E-state index in [0.29, 0.717) is 11.3 Å². The summed E-state index contributed by atoms with van der Waals surface area (Å²) in [7, 11) is 0. The van der Waals surface area contributed by atoms with Gasteiger partial charge in [0, 0.05) is 0 Å². The second kappa shape index (κ2) is 5.27. The topological polar surface area (TPSA) is 88.0 Å². The van der Waals surface area contributed by atoms with E-state index in [1.807, 2.05) is 0 Å². The molecule has 0 aliphatic heterocycles. The number of H-pyrrole nitrogens is 1. The molecule has 1 aromatic heterocycles. The van der Waals surface area contributed by atoms with Crippen LogP contribution in [-0.4, -0.2) is 31.6 Å². The molecule has 0 saturated heterocycles. The van der Waals surface area contributed by atoms with Crippen LogP contribution in [0.1, 0.15) is 5.56 Å². The summed E-state index contributed by atoms with van der Waals surface area (Å²) in [5.74, 6) is -1.74. The summed E-state index contributed by atoms with van der Waals surface area (Å²) in [4.78, 5) is 22.2. The maximum Gasteiger partial charge on any atom is 0.348 e. The summed E-state index contributed by atoms with van der Waals surface area (Å²) in [6, 6.07) is 4.14. The van der Waals surface area contributed by atoms with E-state index in [1.54, 1.807) is 13.0 Å². The first-order valence-electron chi connectivity index (χ1n) is 5.27. The number of hydrogen-bond acceptors (Lipinski definition) is 4. The predicted octanol–water partition coefficient (Wildman–Crippen LogP) is 1.18. The van der Waals surface area contributed by atoms with Gasteiger partial charge >= 0.3 is 11.7 Å². The van der Waals surface area contributed by atoms with Gasteiger partial charge in [0.05, 0.1) is 11.4 Å². The van der Waals surface area contributed by atoms with E-state index in [9.17, 15) is 14.0 Å². The molecule has 0 amide bonds. The van der Waals surface area contributed by atoms with Crippen molar-refractivity contribution in [1.29, 1.82) is 0 Å². The Morgan fingerprint density at radius 1 is 1.53 bits per heavy atom. The molecule has 1 aromatic carbocycles. The van der Waals surface area contributed by atoms with Crippen molar-refractivity contribution in [1.82, 2.24) is 14.8 Å². The van der Waals surface area contributed by atoms with E-state index in [0.717, 1.165) is 16.3 Å². The Labute approximate surface area is 111 Å². The number of nitrogens with one attached hydrogen (secondary N) is 1. The summed E-state index contributed by atoms with van der Waals surface area (Å²) in [5, 5.41) is 14.7. The van der Waals surface area contributed by atoms with Crippen LogP contribution in [-0.2, 0) is 4.79 Å². The number of aliphatic carboxylic acids is 1. The van der Waals surface area contributed by atoms with Gasteiger partial charge in [0.15, 0.2) is 5.16 Å². The molecule has 2 N–H and O–H groups in total. The molecule has 6 nitrogen and oxygen atoms in total. The zero-order chi connectivity index (χ0) is 14.0. The number of nitrogens with zero attached hydrogens (tertiary/aromatic N) is 2. The summed E-state index contributed by atoms with van der Waals surface area (Å²) < 4.78 is 14.5. The SMILES string of the molecule is Cc1cc(F)cc(-n2c(SCC(=O)O)n[nH]c2=O)c1. The van der Waals surface area contributed by atoms with Crippen LogP contribution in [0.25, 0.3) is 5.69 Å². The third-order valence-electron chi connectivity index (χ3n) is 2.25. The third kappa shape index (κ3) is 3.02. The third-order valence-corrected chi connectivity index (χ3v) is 3.17. The summed E-state index contributed by atoms with van der Waals surface area (Å²) in [6.07, 6.45) is 0. The minimum Gasteiger partial charge on any atom is -0.481 e. The maximum atomic E-state index is 13.4. The summed E-state index contributed by atoms with van der Waals surface area (Å²) >= 11 is 0.881. The molecule has 0 bridgehead atoms. The molecular formula is C11H10FN3O3S. The second-order valence-corrected chi connectivity index (χ2v) is 4.76. The number of hydrogen-bond donors (Lipinski definition) is 2. The molecule has 0 fully saturated rings. The fourth-order valence-corrected chi connectivity index (χ4v) is 2.26. The Balaban J connectivity index is 2.46. The van der Waals surface area contributed by atoms with E-state index < -0.39 is 17.5 Å². The van der Waals surface area contributed by atoms with Crippen LogP contribution in [0.15, 0.2) is 28.2 Å². The van der Waals surface area contributed by atoms with Crippen molar-refractivity contribution in [3.63, 3.8) is 0 Å². The lowest BCUT2D eigenvalue weighted by Crippen LogP contribution is -2.16. The predicted molar refractivity (Wildman–Crippen MR) is 67.2 cm³/mol. The molecule has 2 rings (SSSR count). The van der Waals surface area contributed by atoms with Crippen LogP contribution in [0.5, 0.6) is 0 Å². The van der Waals surface area contributed by atoms with Crippen LogP contribution in [0.4, 0.5) is 4.39 Å². The highest BCUT2D eigenvalue weighted by atomic mass is 32.2. The molecule has 0 aliphatic carbocycles. The Bertz CT molecular complexity index is 660. The molecule has 2 aromatic rings. The van der Waals surface area contributed by atoms with Crippen molar-refractivity contribution in [2.24, 2.45) is 0 Å². The molecule has 19 heavy (non-hydrogen) atoms. The van der Waals surface area contributed by atoms with Gasteiger partial charge in [-0.25, -0.2) is 18.9 Å². The van der Waals surface area contributed by atoms with Crippen LogP contribution >= 0.6 is 11.8 Å². The summed E-state index contributed by atoms with van der Waals surface area (Å²) in [6.45, 7) is 1.70. The maximum absolute atomic E-state index is 13.4. The van der Waals surface area contributed by atoms with Gasteiger partial charge in [0.1, 0.15) is 5.82 Å². The highest BCUT2D eigenvalue weighted by Gasteiger charge is 2.13. The first kappa shape index (κ1) is 13.3. The van der Waals surface area contributed by atoms with Gasteiger partial charge < -0.3 is 5.11 Å². The van der Waals surface area contributed by atoms with Crippen LogP contribution in [0.2, 0.25) is 0 Å². The fourth-order valence-electron chi connectivity index (χ4n) is 1.58. The molecule has 0 spiro atoms. The number of aromatic nitrogens is 3. The van der Waals surface area contributed by atoms with E-state index in [1.165, 1.54) is 12.1 Å². The Kier molecular flexibility index (Phi) is 3.70. The number of carboxylic acid groups (broad SMARTS) is 1. The Morgan fingerprint density at radius 2 is 2.26 bits per heavy atom. The fraction of sp³-hybridized carbons (Fsp3) is 0.182. The molecule has 0 radical (unpaired) electrons. The second-order valence-electron chi connectivity index (χ2n) is 3.82. The largest absolute Gasteiger partial charge is 0.481 e. The van der Waals surface area contributed by atoms with Crippen molar-refractivity contribution in [3.8, 4) is 5.69 Å². The zero-order valence-electron chi connectivity index (χ0n) is 9.88. The van der Waals surface area contributed by atoms with E-state index >= 15 is 0 Å². The van der Waals surface area contributed by atoms with E-state index in [4.69, 9.17) is 5.11 Å². The first-order valence-corrected chi connectivity index (χ1v) is 6.25. The lowest BCUT2D eigenvalue weighted by molar-refractivity contribution is -0.133. The van der Waals surface area contributed by atoms with Crippen LogP contribution in [0, 0.1) is 12.7 Å². The van der Waals surface area contributed by atoms with Gasteiger partial charge in [-0.3, -0.25) is 4.79 Å². The highest BCUT2D eigenvalue weighted by Crippen LogP contribution is 2.19. The molecule has 0 atom stereocenters. The molecule has 0 aliphatic rings. The Morgan fingerprint density at radius 3 is 2.89 bits per heavy atom. The molecule has 8 heteroatoms. The van der Waals surface area contributed by atoms with E-state index in [2.05, 4.69) is 10.2 Å². The van der Waals surface area contributed by atoms with Crippen molar-refractivity contribution in [3.05, 3.63) is 40.1 Å². The average molecular weight is 283 g/mol. The number of aromatic amines is 1. The van der Waals surface area contributed by atoms with Gasteiger partial charge in [-0.15, -0.1) is 5.10 Å². The van der Waals surface area contributed by atoms with Crippen molar-refractivity contribution in [2.45, 2.75) is 12.1 Å². The minimum atomic E-state index is -1.03. The number of carbonyl (C=O) groups is 1. The highest BCUT2D eigenvalue weighted by molar-refractivity contribution is 7.99. The number of halogens is 1. The number of aryl methyl sites for hydroxylation is 1. The average Bonchev–Trinajstić information content (AvgIpc) is 2.66. The Hall–Kier alpha value is -2.09. The van der Waals surface area contributed by atoms with Crippen molar-refractivity contribution < 1.29 is 14.3 Å². The molecular weight excluding hydrogens is 273 g/mol. The number of rotatable bonds is 4. The van der Waals surface area contributed by atoms with Crippen LogP contribution < -0.4 is 5.69 Å². The standard InChI is InChI=1S/C11H10FN3O3S/c1-6-2-7(12)4-8(3-6)15-10(18)13-14-11(15)19-5-9(16)17/h2-4H,5H2,1H3,(H,13,18)(H,16,17). The molecule has 0 saturated carbocycles. The monoisotopic (exact) mass is 283 g/mol. The lowest BCUT2D eigenvalue weighted by atomic mass is 10.2. The zero-order valence-corrected chi connectivity index (χ0v) is 10.7. The van der Waals surface area contributed by atoms with Gasteiger partial charge in [0.25, 0.3) is 0 Å². The number of benzene rings is 1. The van der Waals surface area contributed by atoms with Gasteiger partial charge in [-0.2, -0.15) is 0 Å². The normalized spacial score (nSPS) is 10.6. The smallest absolute Gasteiger partial charge is 0.348 e. The minimum absolute atomic E-state index is 0.178. The van der Waals surface area contributed by atoms with Crippen molar-refractivity contribution >= 4 is 17.7 Å². The van der Waals surface area contributed by atoms with Crippen LogP contribution in [0.3, 0.4) is 0 Å². The van der Waals surface area contributed by atoms with E-state index in [-0.39, 0.29) is 10.9 Å². The molecule has 100 valence electrons. The van der Waals surface area contributed by atoms with Crippen molar-refractivity contribution in [2.75, 3.05) is 5.75 Å². The number of carboxylic acids is 1.